The van der Waals surface area contributed by atoms with Gasteiger partial charge in [0, 0.05) is 0 Å². The lowest BCUT2D eigenvalue weighted by Gasteiger charge is -2.17. The Morgan fingerprint density at radius 1 is 0.545 bits per heavy atom. The maximum Gasteiger partial charge on any atom is 0.474 e. The predicted molar refractivity (Wildman–Crippen MR) is 93.3 cm³/mol. The van der Waals surface area contributed by atoms with Gasteiger partial charge in [0.1, 0.15) is 0 Å². The monoisotopic (exact) mass is 336 g/mol. The standard InChI is InChI=1S/C17H37O4P/c1-4-7-9-11-13-16-20-22(18,19-15-6-3)21-17-14-12-10-8-5-2/h4-17H2,1-3H3. The highest BCUT2D eigenvalue weighted by Crippen LogP contribution is 2.49. The molecule has 0 heterocycles. The van der Waals surface area contributed by atoms with Crippen LogP contribution in [0.4, 0.5) is 0 Å². The Morgan fingerprint density at radius 3 is 1.36 bits per heavy atom. The van der Waals surface area contributed by atoms with Gasteiger partial charge >= 0.3 is 7.82 Å². The van der Waals surface area contributed by atoms with Crippen LogP contribution in [-0.2, 0) is 18.1 Å². The number of phosphoric ester groups is 1. The van der Waals surface area contributed by atoms with Crippen molar-refractivity contribution in [3.05, 3.63) is 0 Å². The molecule has 134 valence electrons. The summed E-state index contributed by atoms with van der Waals surface area (Å²) in [5, 5.41) is 0. The fourth-order valence-electron chi connectivity index (χ4n) is 2.08. The minimum absolute atomic E-state index is 0.420. The van der Waals surface area contributed by atoms with Crippen LogP contribution in [0.5, 0.6) is 0 Å². The molecule has 4 nitrogen and oxygen atoms in total. The first-order valence-corrected chi connectivity index (χ1v) is 10.7. The van der Waals surface area contributed by atoms with Crippen LogP contribution in [0.3, 0.4) is 0 Å². The predicted octanol–water partition coefficient (Wildman–Crippen LogP) is 6.50. The smallest absolute Gasteiger partial charge is 0.287 e. The van der Waals surface area contributed by atoms with E-state index < -0.39 is 7.82 Å². The van der Waals surface area contributed by atoms with Gasteiger partial charge in [0.05, 0.1) is 19.8 Å². The molecule has 0 rings (SSSR count). The van der Waals surface area contributed by atoms with Crippen LogP contribution in [0.2, 0.25) is 0 Å². The van der Waals surface area contributed by atoms with Crippen molar-refractivity contribution in [1.82, 2.24) is 0 Å². The van der Waals surface area contributed by atoms with Crippen LogP contribution in [-0.4, -0.2) is 19.8 Å². The minimum atomic E-state index is -3.35. The molecule has 0 fully saturated rings. The van der Waals surface area contributed by atoms with Crippen molar-refractivity contribution < 1.29 is 18.1 Å². The largest absolute Gasteiger partial charge is 0.474 e. The van der Waals surface area contributed by atoms with E-state index in [0.717, 1.165) is 32.1 Å². The van der Waals surface area contributed by atoms with Crippen molar-refractivity contribution in [1.29, 1.82) is 0 Å². The van der Waals surface area contributed by atoms with Crippen molar-refractivity contribution in [3.8, 4) is 0 Å². The maximum atomic E-state index is 12.5. The van der Waals surface area contributed by atoms with Crippen molar-refractivity contribution >= 4 is 7.82 Å². The highest BCUT2D eigenvalue weighted by molar-refractivity contribution is 7.48. The number of phosphoric acid groups is 1. The molecular weight excluding hydrogens is 299 g/mol. The molecule has 22 heavy (non-hydrogen) atoms. The summed E-state index contributed by atoms with van der Waals surface area (Å²) in [7, 11) is -3.35. The third-order valence-electron chi connectivity index (χ3n) is 3.45. The van der Waals surface area contributed by atoms with Gasteiger partial charge in [-0.3, -0.25) is 13.6 Å². The molecule has 0 saturated carbocycles. The van der Waals surface area contributed by atoms with Gasteiger partial charge in [0.2, 0.25) is 0 Å². The molecule has 0 atom stereocenters. The molecule has 0 spiro atoms. The molecule has 5 heteroatoms. The van der Waals surface area contributed by atoms with Gasteiger partial charge in [-0.25, -0.2) is 4.57 Å². The summed E-state index contributed by atoms with van der Waals surface area (Å²) in [6, 6.07) is 0. The summed E-state index contributed by atoms with van der Waals surface area (Å²) in [6.45, 7) is 7.71. The van der Waals surface area contributed by atoms with Crippen LogP contribution < -0.4 is 0 Å². The second kappa shape index (κ2) is 16.0. The van der Waals surface area contributed by atoms with E-state index in [2.05, 4.69) is 13.8 Å². The van der Waals surface area contributed by atoms with E-state index in [-0.39, 0.29) is 0 Å². The molecule has 0 aromatic carbocycles. The van der Waals surface area contributed by atoms with E-state index in [0.29, 0.717) is 19.8 Å². The van der Waals surface area contributed by atoms with Crippen molar-refractivity contribution in [2.45, 2.75) is 91.4 Å². The van der Waals surface area contributed by atoms with Crippen LogP contribution in [0.25, 0.3) is 0 Å². The zero-order chi connectivity index (χ0) is 16.5. The van der Waals surface area contributed by atoms with Crippen LogP contribution in [0, 0.1) is 0 Å². The number of unbranched alkanes of at least 4 members (excludes halogenated alkanes) is 8. The first-order valence-electron chi connectivity index (χ1n) is 9.22. The van der Waals surface area contributed by atoms with Crippen LogP contribution in [0.1, 0.15) is 91.4 Å². The third-order valence-corrected chi connectivity index (χ3v) is 4.94. The van der Waals surface area contributed by atoms with Crippen LogP contribution in [0.15, 0.2) is 0 Å². The fourth-order valence-corrected chi connectivity index (χ4v) is 3.41. The quantitative estimate of drug-likeness (QED) is 0.225. The Kier molecular flexibility index (Phi) is 16.1. The van der Waals surface area contributed by atoms with Crippen LogP contribution >= 0.6 is 7.82 Å². The minimum Gasteiger partial charge on any atom is -0.287 e. The van der Waals surface area contributed by atoms with Gasteiger partial charge in [-0.15, -0.1) is 0 Å². The highest BCUT2D eigenvalue weighted by Gasteiger charge is 2.25. The lowest BCUT2D eigenvalue weighted by molar-refractivity contribution is 0.110. The summed E-state index contributed by atoms with van der Waals surface area (Å²) in [5.41, 5.74) is 0. The molecule has 0 saturated heterocycles. The van der Waals surface area contributed by atoms with Crippen molar-refractivity contribution in [3.63, 3.8) is 0 Å². The Hall–Kier alpha value is 0.110. The molecule has 0 aliphatic heterocycles. The average molecular weight is 336 g/mol. The van der Waals surface area contributed by atoms with E-state index in [1.54, 1.807) is 0 Å². The summed E-state index contributed by atoms with van der Waals surface area (Å²) < 4.78 is 28.7. The summed E-state index contributed by atoms with van der Waals surface area (Å²) >= 11 is 0. The van der Waals surface area contributed by atoms with E-state index >= 15 is 0 Å². The number of hydrogen-bond acceptors (Lipinski definition) is 4. The van der Waals surface area contributed by atoms with Gasteiger partial charge in [-0.2, -0.15) is 0 Å². The second-order valence-electron chi connectivity index (χ2n) is 5.78. The Morgan fingerprint density at radius 2 is 0.955 bits per heavy atom. The molecule has 0 radical (unpaired) electrons. The maximum absolute atomic E-state index is 12.5. The molecule has 0 unspecified atom stereocenters. The van der Waals surface area contributed by atoms with Crippen molar-refractivity contribution in [2.75, 3.05) is 19.8 Å². The zero-order valence-corrected chi connectivity index (χ0v) is 15.9. The number of hydrogen-bond donors (Lipinski definition) is 0. The van der Waals surface area contributed by atoms with Crippen molar-refractivity contribution in [2.24, 2.45) is 0 Å². The topological polar surface area (TPSA) is 44.8 Å². The fraction of sp³-hybridized carbons (Fsp3) is 1.00. The van der Waals surface area contributed by atoms with Gasteiger partial charge in [0.15, 0.2) is 0 Å². The molecule has 0 amide bonds. The molecule has 0 aromatic rings. The normalized spacial score (nSPS) is 12.0. The highest BCUT2D eigenvalue weighted by atomic mass is 31.2. The third kappa shape index (κ3) is 13.8. The van der Waals surface area contributed by atoms with Gasteiger partial charge in [-0.05, 0) is 19.3 Å². The SMILES string of the molecule is CCCCCCCOP(=O)(OCCC)OCCCCCCC. The lowest BCUT2D eigenvalue weighted by atomic mass is 10.2. The molecular formula is C17H37O4P. The Labute approximate surface area is 137 Å². The van der Waals surface area contributed by atoms with Gasteiger partial charge < -0.3 is 0 Å². The molecule has 0 bridgehead atoms. The summed E-state index contributed by atoms with van der Waals surface area (Å²) in [6.07, 6.45) is 12.2. The molecule has 0 aliphatic rings. The lowest BCUT2D eigenvalue weighted by Crippen LogP contribution is -2.04. The first-order chi connectivity index (χ1) is 10.7. The Bertz CT molecular complexity index is 251. The average Bonchev–Trinajstić information content (AvgIpc) is 2.52. The summed E-state index contributed by atoms with van der Waals surface area (Å²) in [4.78, 5) is 0. The van der Waals surface area contributed by atoms with E-state index in [1.165, 1.54) is 38.5 Å². The molecule has 0 aliphatic carbocycles. The second-order valence-corrected chi connectivity index (χ2v) is 7.44. The van der Waals surface area contributed by atoms with E-state index in [1.807, 2.05) is 6.92 Å². The van der Waals surface area contributed by atoms with Gasteiger partial charge in [-0.1, -0.05) is 72.1 Å². The van der Waals surface area contributed by atoms with E-state index in [4.69, 9.17) is 13.6 Å². The zero-order valence-electron chi connectivity index (χ0n) is 15.0. The molecule has 0 aromatic heterocycles. The molecule has 0 N–H and O–H groups in total. The first kappa shape index (κ1) is 22.1. The Balaban J connectivity index is 3.87. The van der Waals surface area contributed by atoms with E-state index in [9.17, 15) is 4.57 Å². The van der Waals surface area contributed by atoms with Gasteiger partial charge in [0.25, 0.3) is 0 Å². The number of rotatable bonds is 17. The summed E-state index contributed by atoms with van der Waals surface area (Å²) in [5.74, 6) is 0.